The van der Waals surface area contributed by atoms with Gasteiger partial charge in [-0.3, -0.25) is 14.4 Å². The number of rotatable bonds is 8. The van der Waals surface area contributed by atoms with Gasteiger partial charge in [0.25, 0.3) is 0 Å². The first-order valence-corrected chi connectivity index (χ1v) is 11.9. The molecule has 0 radical (unpaired) electrons. The van der Waals surface area contributed by atoms with Crippen LogP contribution >= 0.6 is 0 Å². The monoisotopic (exact) mass is 420 g/mol. The summed E-state index contributed by atoms with van der Waals surface area (Å²) in [6.45, 7) is 12.6. The highest BCUT2D eigenvalue weighted by Crippen LogP contribution is 2.48. The van der Waals surface area contributed by atoms with E-state index in [9.17, 15) is 14.4 Å². The van der Waals surface area contributed by atoms with Crippen LogP contribution in [0.25, 0.3) is 0 Å². The molecule has 0 aliphatic heterocycles. The van der Waals surface area contributed by atoms with Gasteiger partial charge in [0.05, 0.1) is 23.9 Å². The second-order valence-corrected chi connectivity index (χ2v) is 11.7. The van der Waals surface area contributed by atoms with Crippen LogP contribution in [0.4, 0.5) is 0 Å². The Morgan fingerprint density at radius 3 is 1.17 bits per heavy atom. The lowest BCUT2D eigenvalue weighted by Crippen LogP contribution is -2.57. The fourth-order valence-corrected chi connectivity index (χ4v) is 5.06. The Labute approximate surface area is 183 Å². The Kier molecular flexibility index (Phi) is 8.06. The molecule has 0 unspecified atom stereocenters. The first-order valence-electron chi connectivity index (χ1n) is 11.9. The van der Waals surface area contributed by atoms with Crippen molar-refractivity contribution in [3.05, 3.63) is 0 Å². The maximum atomic E-state index is 14.2. The van der Waals surface area contributed by atoms with Crippen molar-refractivity contribution in [2.24, 2.45) is 10.8 Å². The molecule has 0 heterocycles. The second kappa shape index (κ2) is 9.60. The van der Waals surface area contributed by atoms with Crippen molar-refractivity contribution < 1.29 is 14.4 Å². The summed E-state index contributed by atoms with van der Waals surface area (Å²) in [6, 6.07) is 0. The van der Waals surface area contributed by atoms with E-state index in [1.165, 1.54) is 0 Å². The van der Waals surface area contributed by atoms with Crippen molar-refractivity contribution in [2.75, 3.05) is 13.1 Å². The van der Waals surface area contributed by atoms with Crippen molar-refractivity contribution in [3.8, 4) is 0 Å². The molecule has 0 bridgehead atoms. The van der Waals surface area contributed by atoms with Crippen LogP contribution in [0.1, 0.15) is 106 Å². The fourth-order valence-electron chi connectivity index (χ4n) is 5.06. The minimum Gasteiger partial charge on any atom is -0.305 e. The minimum atomic E-state index is -0.995. The predicted molar refractivity (Wildman–Crippen MR) is 122 cm³/mol. The number of hydrogen-bond acceptors (Lipinski definition) is 5. The van der Waals surface area contributed by atoms with Crippen LogP contribution in [0.3, 0.4) is 0 Å². The highest BCUT2D eigenvalue weighted by Gasteiger charge is 2.57. The molecule has 5 nitrogen and oxygen atoms in total. The van der Waals surface area contributed by atoms with Crippen molar-refractivity contribution in [1.29, 1.82) is 0 Å². The van der Waals surface area contributed by atoms with E-state index in [2.05, 4.69) is 10.6 Å². The SMILES string of the molecule is CC(C)(C)NCC(=O)C1(C(=O)C2(C(=O)CNC(C)(C)C)CCCCC2)CCCCC1. The lowest BCUT2D eigenvalue weighted by Gasteiger charge is -2.44. The zero-order valence-corrected chi connectivity index (χ0v) is 20.2. The molecule has 0 aromatic carbocycles. The first kappa shape index (κ1) is 25.2. The van der Waals surface area contributed by atoms with E-state index < -0.39 is 10.8 Å². The second-order valence-electron chi connectivity index (χ2n) is 11.7. The quantitative estimate of drug-likeness (QED) is 0.570. The number of hydrogen-bond donors (Lipinski definition) is 2. The minimum absolute atomic E-state index is 0.0105. The van der Waals surface area contributed by atoms with Gasteiger partial charge in [-0.15, -0.1) is 0 Å². The number of ketones is 3. The van der Waals surface area contributed by atoms with Crippen LogP contribution in [0.15, 0.2) is 0 Å². The van der Waals surface area contributed by atoms with Gasteiger partial charge in [0.1, 0.15) is 0 Å². The normalized spacial score (nSPS) is 21.8. The standard InChI is InChI=1S/C25H44N2O3/c1-22(2,3)26-17-19(28)24(13-9-7-10-14-24)21(30)25(15-11-8-12-16-25)20(29)18-27-23(4,5)6/h26-27H,7-18H2,1-6H3. The van der Waals surface area contributed by atoms with Crippen molar-refractivity contribution in [1.82, 2.24) is 10.6 Å². The van der Waals surface area contributed by atoms with E-state index in [1.54, 1.807) is 0 Å². The van der Waals surface area contributed by atoms with Crippen LogP contribution in [0.5, 0.6) is 0 Å². The molecule has 2 saturated carbocycles. The molecule has 0 atom stereocenters. The average Bonchev–Trinajstić information content (AvgIpc) is 2.69. The van der Waals surface area contributed by atoms with Crippen molar-refractivity contribution in [2.45, 2.75) is 117 Å². The summed E-state index contributed by atoms with van der Waals surface area (Å²) < 4.78 is 0. The fraction of sp³-hybridized carbons (Fsp3) is 0.880. The third-order valence-electron chi connectivity index (χ3n) is 6.91. The molecule has 0 aromatic heterocycles. The Morgan fingerprint density at radius 2 is 0.900 bits per heavy atom. The molecule has 30 heavy (non-hydrogen) atoms. The van der Waals surface area contributed by atoms with Gasteiger partial charge in [-0.2, -0.15) is 0 Å². The maximum Gasteiger partial charge on any atom is 0.160 e. The number of carbonyl (C=O) groups excluding carboxylic acids is 3. The van der Waals surface area contributed by atoms with Gasteiger partial charge < -0.3 is 10.6 Å². The Hall–Kier alpha value is -1.07. The summed E-state index contributed by atoms with van der Waals surface area (Å²) in [5.74, 6) is -0.0804. The summed E-state index contributed by atoms with van der Waals surface area (Å²) in [5.41, 5.74) is -2.37. The zero-order valence-electron chi connectivity index (χ0n) is 20.2. The molecule has 2 aliphatic rings. The van der Waals surface area contributed by atoms with Crippen LogP contribution < -0.4 is 10.6 Å². The third kappa shape index (κ3) is 6.00. The summed E-state index contributed by atoms with van der Waals surface area (Å²) in [4.78, 5) is 41.3. The lowest BCUT2D eigenvalue weighted by molar-refractivity contribution is -0.155. The molecule has 0 spiro atoms. The Morgan fingerprint density at radius 1 is 0.600 bits per heavy atom. The molecular formula is C25H44N2O3. The third-order valence-corrected chi connectivity index (χ3v) is 6.91. The molecule has 0 amide bonds. The van der Waals surface area contributed by atoms with E-state index in [0.29, 0.717) is 25.7 Å². The van der Waals surface area contributed by atoms with Gasteiger partial charge in [-0.1, -0.05) is 38.5 Å². The largest absolute Gasteiger partial charge is 0.305 e. The van der Waals surface area contributed by atoms with E-state index in [4.69, 9.17) is 0 Å². The smallest absolute Gasteiger partial charge is 0.160 e. The van der Waals surface area contributed by atoms with Crippen molar-refractivity contribution in [3.63, 3.8) is 0 Å². The molecule has 2 rings (SSSR count). The van der Waals surface area contributed by atoms with Crippen LogP contribution in [-0.4, -0.2) is 41.5 Å². The zero-order chi connectivity index (χ0) is 22.6. The van der Waals surface area contributed by atoms with Gasteiger partial charge in [-0.05, 0) is 67.2 Å². The average molecular weight is 421 g/mol. The Bertz CT molecular complexity index is 574. The Balaban J connectivity index is 2.35. The highest BCUT2D eigenvalue weighted by atomic mass is 16.2. The summed E-state index contributed by atoms with van der Waals surface area (Å²) in [6.07, 6.45) is 8.04. The number of Topliss-reactive ketones (excluding diaryl/α,β-unsaturated/α-hetero) is 3. The molecule has 2 fully saturated rings. The molecule has 0 aromatic rings. The maximum absolute atomic E-state index is 14.2. The van der Waals surface area contributed by atoms with Gasteiger partial charge in [0.2, 0.25) is 0 Å². The first-order chi connectivity index (χ1) is 13.8. The molecular weight excluding hydrogens is 376 g/mol. The lowest BCUT2D eigenvalue weighted by atomic mass is 9.56. The topological polar surface area (TPSA) is 75.3 Å². The van der Waals surface area contributed by atoms with E-state index in [-0.39, 0.29) is 41.5 Å². The van der Waals surface area contributed by atoms with Crippen LogP contribution in [0, 0.1) is 10.8 Å². The van der Waals surface area contributed by atoms with Gasteiger partial charge in [0, 0.05) is 11.1 Å². The van der Waals surface area contributed by atoms with Gasteiger partial charge >= 0.3 is 0 Å². The van der Waals surface area contributed by atoms with Gasteiger partial charge in [-0.25, -0.2) is 0 Å². The number of nitrogens with one attached hydrogen (secondary N) is 2. The molecule has 2 aliphatic carbocycles. The number of carbonyl (C=O) groups is 3. The molecule has 5 heteroatoms. The molecule has 2 N–H and O–H groups in total. The van der Waals surface area contributed by atoms with Crippen molar-refractivity contribution >= 4 is 17.3 Å². The van der Waals surface area contributed by atoms with E-state index >= 15 is 0 Å². The van der Waals surface area contributed by atoms with E-state index in [0.717, 1.165) is 38.5 Å². The van der Waals surface area contributed by atoms with Crippen LogP contribution in [-0.2, 0) is 14.4 Å². The molecule has 172 valence electrons. The summed E-state index contributed by atoms with van der Waals surface area (Å²) >= 11 is 0. The summed E-state index contributed by atoms with van der Waals surface area (Å²) in [7, 11) is 0. The van der Waals surface area contributed by atoms with Gasteiger partial charge in [0.15, 0.2) is 17.3 Å². The predicted octanol–water partition coefficient (Wildman–Crippen LogP) is 4.37. The van der Waals surface area contributed by atoms with E-state index in [1.807, 2.05) is 41.5 Å². The summed E-state index contributed by atoms with van der Waals surface area (Å²) in [5, 5.41) is 6.58. The van der Waals surface area contributed by atoms with Crippen LogP contribution in [0.2, 0.25) is 0 Å². The molecule has 0 saturated heterocycles. The highest BCUT2D eigenvalue weighted by molar-refractivity contribution is 6.18.